The van der Waals surface area contributed by atoms with Crippen molar-refractivity contribution in [2.75, 3.05) is 18.5 Å². The van der Waals surface area contributed by atoms with Gasteiger partial charge >= 0.3 is 0 Å². The maximum absolute atomic E-state index is 14.0. The van der Waals surface area contributed by atoms with Gasteiger partial charge in [-0.15, -0.1) is 0 Å². The molecule has 1 aromatic heterocycles. The van der Waals surface area contributed by atoms with Crippen LogP contribution in [0.4, 0.5) is 15.9 Å². The number of aromatic nitrogens is 1. The first-order chi connectivity index (χ1) is 11.4. The fraction of sp³-hybridized carbons (Fsp3) is 0.200. The van der Waals surface area contributed by atoms with Crippen molar-refractivity contribution in [2.24, 2.45) is 7.05 Å². The van der Waals surface area contributed by atoms with Crippen LogP contribution in [0.3, 0.4) is 0 Å². The maximum atomic E-state index is 14.0. The number of nitrogens with zero attached hydrogens (tertiary/aromatic N) is 1. The monoisotopic (exact) mass is 399 g/mol. The Bertz CT molecular complexity index is 810. The average Bonchev–Trinajstić information content (AvgIpc) is 2.54. The van der Waals surface area contributed by atoms with Crippen molar-refractivity contribution in [1.82, 2.24) is 10.0 Å². The number of pyridine rings is 1. The largest absolute Gasteiger partial charge is 0.394 e. The number of anilines is 2. The number of aliphatic hydroxyl groups is 1. The Labute approximate surface area is 145 Å². The predicted molar refractivity (Wildman–Crippen MR) is 89.6 cm³/mol. The molecule has 0 aliphatic heterocycles. The molecule has 0 fully saturated rings. The Morgan fingerprint density at radius 3 is 2.79 bits per heavy atom. The molecule has 1 amide bonds. The van der Waals surface area contributed by atoms with Gasteiger partial charge in [0.25, 0.3) is 11.5 Å². The zero-order chi connectivity index (χ0) is 17.7. The Kier molecular flexibility index (Phi) is 6.07. The second-order valence-corrected chi connectivity index (χ2v) is 5.66. The molecule has 0 atom stereocenters. The minimum atomic E-state index is -0.640. The number of nitrogens with one attached hydrogen (secondary N) is 2. The summed E-state index contributed by atoms with van der Waals surface area (Å²) in [5.41, 5.74) is 1.95. The summed E-state index contributed by atoms with van der Waals surface area (Å²) in [6.45, 7) is -0.343. The number of hydrogen-bond donors (Lipinski definition) is 3. The molecule has 2 aromatic rings. The van der Waals surface area contributed by atoms with Crippen LogP contribution in [0.5, 0.6) is 0 Å². The summed E-state index contributed by atoms with van der Waals surface area (Å²) >= 11 is 3.16. The van der Waals surface area contributed by atoms with E-state index in [0.29, 0.717) is 4.47 Å². The number of halogens is 2. The van der Waals surface area contributed by atoms with Gasteiger partial charge in [0.2, 0.25) is 0 Å². The molecule has 0 bridgehead atoms. The molecule has 128 valence electrons. The van der Waals surface area contributed by atoms with Crippen LogP contribution < -0.4 is 16.4 Å². The Morgan fingerprint density at radius 1 is 1.38 bits per heavy atom. The lowest BCUT2D eigenvalue weighted by Crippen LogP contribution is -2.29. The molecule has 0 radical (unpaired) electrons. The van der Waals surface area contributed by atoms with Crippen LogP contribution in [-0.2, 0) is 11.9 Å². The maximum Gasteiger partial charge on any atom is 0.278 e. The van der Waals surface area contributed by atoms with E-state index in [0.717, 1.165) is 0 Å². The lowest BCUT2D eigenvalue weighted by atomic mass is 10.2. The van der Waals surface area contributed by atoms with Gasteiger partial charge in [0.05, 0.1) is 24.5 Å². The molecule has 24 heavy (non-hydrogen) atoms. The van der Waals surface area contributed by atoms with E-state index in [4.69, 9.17) is 9.94 Å². The number of benzene rings is 1. The minimum Gasteiger partial charge on any atom is -0.394 e. The van der Waals surface area contributed by atoms with Crippen LogP contribution in [0.25, 0.3) is 0 Å². The number of rotatable bonds is 6. The van der Waals surface area contributed by atoms with Gasteiger partial charge in [-0.3, -0.25) is 19.0 Å². The quantitative estimate of drug-likeness (QED) is 0.507. The second-order valence-electron chi connectivity index (χ2n) is 4.75. The zero-order valence-corrected chi connectivity index (χ0v) is 14.3. The first kappa shape index (κ1) is 18.1. The van der Waals surface area contributed by atoms with E-state index in [2.05, 4.69) is 26.7 Å². The molecule has 1 heterocycles. The van der Waals surface area contributed by atoms with E-state index >= 15 is 0 Å². The molecule has 7 nitrogen and oxygen atoms in total. The van der Waals surface area contributed by atoms with Crippen molar-refractivity contribution < 1.29 is 19.1 Å². The third-order valence-corrected chi connectivity index (χ3v) is 3.59. The third kappa shape index (κ3) is 4.19. The van der Waals surface area contributed by atoms with Gasteiger partial charge < -0.3 is 10.4 Å². The zero-order valence-electron chi connectivity index (χ0n) is 12.7. The smallest absolute Gasteiger partial charge is 0.278 e. The fourth-order valence-electron chi connectivity index (χ4n) is 1.91. The van der Waals surface area contributed by atoms with Crippen LogP contribution in [0.15, 0.2) is 39.6 Å². The van der Waals surface area contributed by atoms with E-state index in [9.17, 15) is 14.0 Å². The highest BCUT2D eigenvalue weighted by molar-refractivity contribution is 9.10. The van der Waals surface area contributed by atoms with Crippen LogP contribution in [0.2, 0.25) is 0 Å². The number of amides is 1. The summed E-state index contributed by atoms with van der Waals surface area (Å²) in [6.07, 6.45) is 0. The van der Waals surface area contributed by atoms with Gasteiger partial charge in [0.1, 0.15) is 11.6 Å². The van der Waals surface area contributed by atoms with E-state index in [-0.39, 0.29) is 35.8 Å². The van der Waals surface area contributed by atoms with E-state index in [1.807, 2.05) is 0 Å². The van der Waals surface area contributed by atoms with Crippen molar-refractivity contribution in [2.45, 2.75) is 0 Å². The molecule has 0 unspecified atom stereocenters. The summed E-state index contributed by atoms with van der Waals surface area (Å²) < 4.78 is 15.8. The van der Waals surface area contributed by atoms with Crippen molar-refractivity contribution >= 4 is 33.3 Å². The normalized spacial score (nSPS) is 10.5. The van der Waals surface area contributed by atoms with Gasteiger partial charge in [-0.05, 0) is 24.3 Å². The number of hydrogen-bond acceptors (Lipinski definition) is 5. The number of hydroxylamine groups is 1. The third-order valence-electron chi connectivity index (χ3n) is 3.10. The van der Waals surface area contributed by atoms with E-state index < -0.39 is 11.7 Å². The molecule has 0 aliphatic rings. The molecular formula is C15H15BrFN3O4. The molecule has 3 N–H and O–H groups in total. The molecule has 0 saturated heterocycles. The van der Waals surface area contributed by atoms with Gasteiger partial charge in [-0.25, -0.2) is 9.87 Å². The highest BCUT2D eigenvalue weighted by Crippen LogP contribution is 2.24. The molecule has 0 aliphatic carbocycles. The first-order valence-electron chi connectivity index (χ1n) is 6.89. The molecule has 2 rings (SSSR count). The topological polar surface area (TPSA) is 92.6 Å². The average molecular weight is 400 g/mol. The fourth-order valence-corrected chi connectivity index (χ4v) is 2.24. The Morgan fingerprint density at radius 2 is 2.12 bits per heavy atom. The molecular weight excluding hydrogens is 385 g/mol. The number of carbonyl (C=O) groups is 1. The highest BCUT2D eigenvalue weighted by atomic mass is 79.9. The standard InChI is InChI=1S/C15H15BrFN3O4/c1-20-13(22)5-3-10(15(23)19-24-7-6-21)14(20)18-12-4-2-9(16)8-11(12)17/h2-5,8,18,21H,6-7H2,1H3,(H,19,23). The summed E-state index contributed by atoms with van der Waals surface area (Å²) in [6, 6.07) is 6.87. The summed E-state index contributed by atoms with van der Waals surface area (Å²) in [5, 5.41) is 11.4. The summed E-state index contributed by atoms with van der Waals surface area (Å²) in [4.78, 5) is 28.8. The van der Waals surface area contributed by atoms with Crippen LogP contribution in [0.1, 0.15) is 10.4 Å². The van der Waals surface area contributed by atoms with Crippen LogP contribution in [-0.4, -0.2) is 28.8 Å². The van der Waals surface area contributed by atoms with Crippen molar-refractivity contribution in [3.63, 3.8) is 0 Å². The highest BCUT2D eigenvalue weighted by Gasteiger charge is 2.16. The van der Waals surface area contributed by atoms with Gasteiger partial charge in [0, 0.05) is 17.6 Å². The number of aliphatic hydroxyl groups excluding tert-OH is 1. The van der Waals surface area contributed by atoms with Crippen molar-refractivity contribution in [3.8, 4) is 0 Å². The lowest BCUT2D eigenvalue weighted by molar-refractivity contribution is 0.0168. The summed E-state index contributed by atoms with van der Waals surface area (Å²) in [7, 11) is 1.45. The predicted octanol–water partition coefficient (Wildman–Crippen LogP) is 1.68. The lowest BCUT2D eigenvalue weighted by Gasteiger charge is -2.16. The van der Waals surface area contributed by atoms with Crippen molar-refractivity contribution in [1.29, 1.82) is 0 Å². The van der Waals surface area contributed by atoms with Gasteiger partial charge in [-0.1, -0.05) is 15.9 Å². The Hall–Kier alpha value is -2.23. The molecule has 0 spiro atoms. The summed E-state index contributed by atoms with van der Waals surface area (Å²) in [5.74, 6) is -1.09. The first-order valence-corrected chi connectivity index (χ1v) is 7.68. The second kappa shape index (κ2) is 8.04. The molecule has 9 heteroatoms. The molecule has 0 saturated carbocycles. The van der Waals surface area contributed by atoms with Gasteiger partial charge in [-0.2, -0.15) is 0 Å². The van der Waals surface area contributed by atoms with E-state index in [1.54, 1.807) is 6.07 Å². The number of carbonyl (C=O) groups excluding carboxylic acids is 1. The van der Waals surface area contributed by atoms with Crippen LogP contribution >= 0.6 is 15.9 Å². The SMILES string of the molecule is Cn1c(Nc2ccc(Br)cc2F)c(C(=O)NOCCO)ccc1=O. The Balaban J connectivity index is 2.38. The van der Waals surface area contributed by atoms with Gasteiger partial charge in [0.15, 0.2) is 0 Å². The van der Waals surface area contributed by atoms with E-state index in [1.165, 1.54) is 35.9 Å². The minimum absolute atomic E-state index is 0.0809. The van der Waals surface area contributed by atoms with Crippen molar-refractivity contribution in [3.05, 3.63) is 56.5 Å². The van der Waals surface area contributed by atoms with Crippen LogP contribution in [0, 0.1) is 5.82 Å². The molecule has 1 aromatic carbocycles.